The van der Waals surface area contributed by atoms with Crippen LogP contribution in [0.1, 0.15) is 22.5 Å². The van der Waals surface area contributed by atoms with Crippen LogP contribution in [0.3, 0.4) is 0 Å². The van der Waals surface area contributed by atoms with E-state index in [1.54, 1.807) is 0 Å². The third-order valence-corrected chi connectivity index (χ3v) is 2.76. The van der Waals surface area contributed by atoms with Crippen molar-refractivity contribution in [1.82, 2.24) is 4.98 Å². The van der Waals surface area contributed by atoms with Gasteiger partial charge in [-0.2, -0.15) is 0 Å². The molecule has 0 unspecified atom stereocenters. The number of alkyl halides is 2. The smallest absolute Gasteiger partial charge is 0.341 e. The van der Waals surface area contributed by atoms with E-state index >= 15 is 0 Å². The number of carbonyl (C=O) groups is 1. The lowest BCUT2D eigenvalue weighted by molar-refractivity contribution is 0.0597. The minimum absolute atomic E-state index is 0.0269. The van der Waals surface area contributed by atoms with Crippen LogP contribution in [0.4, 0.5) is 8.78 Å². The molecule has 0 saturated carbocycles. The number of methoxy groups -OCH3 is 1. The van der Waals surface area contributed by atoms with E-state index in [4.69, 9.17) is 0 Å². The molecule has 0 saturated heterocycles. The van der Waals surface area contributed by atoms with Gasteiger partial charge < -0.3 is 4.74 Å². The average Bonchev–Trinajstić information content (AvgIpc) is 2.16. The van der Waals surface area contributed by atoms with Crippen molar-refractivity contribution in [1.29, 1.82) is 0 Å². The first-order valence-electron chi connectivity index (χ1n) is 3.69. The first-order valence-corrected chi connectivity index (χ1v) is 5.28. The van der Waals surface area contributed by atoms with E-state index < -0.39 is 18.1 Å². The molecule has 1 heterocycles. The Labute approximate surface area is 101 Å². The number of nitrogens with zero attached hydrogens (tertiary/aromatic N) is 1. The minimum Gasteiger partial charge on any atom is -0.465 e. The zero-order valence-electron chi connectivity index (χ0n) is 7.43. The molecule has 0 N–H and O–H groups in total. The zero-order valence-corrected chi connectivity index (χ0v) is 10.6. The maximum absolute atomic E-state index is 12.3. The first kappa shape index (κ1) is 12.5. The summed E-state index contributed by atoms with van der Waals surface area (Å²) in [6.45, 7) is 0. The summed E-state index contributed by atoms with van der Waals surface area (Å²) in [5, 5.41) is 0. The third-order valence-electron chi connectivity index (χ3n) is 1.56. The van der Waals surface area contributed by atoms with Gasteiger partial charge in [-0.25, -0.2) is 18.6 Å². The number of esters is 1. The van der Waals surface area contributed by atoms with Crippen molar-refractivity contribution in [2.75, 3.05) is 7.11 Å². The normalized spacial score (nSPS) is 10.5. The van der Waals surface area contributed by atoms with Crippen LogP contribution in [-0.4, -0.2) is 18.1 Å². The Morgan fingerprint density at radius 3 is 2.53 bits per heavy atom. The zero-order chi connectivity index (χ0) is 11.6. The molecule has 0 radical (unpaired) electrons. The van der Waals surface area contributed by atoms with Gasteiger partial charge in [0.2, 0.25) is 0 Å². The van der Waals surface area contributed by atoms with Crippen LogP contribution in [0.2, 0.25) is 0 Å². The molecule has 0 aliphatic rings. The fraction of sp³-hybridized carbons (Fsp3) is 0.250. The molecule has 7 heteroatoms. The molecule has 0 atom stereocenters. The van der Waals surface area contributed by atoms with Crippen molar-refractivity contribution in [2.45, 2.75) is 6.43 Å². The van der Waals surface area contributed by atoms with Crippen LogP contribution >= 0.6 is 31.9 Å². The summed E-state index contributed by atoms with van der Waals surface area (Å²) < 4.78 is 29.4. The van der Waals surface area contributed by atoms with Gasteiger partial charge in [-0.05, 0) is 37.9 Å². The van der Waals surface area contributed by atoms with Crippen molar-refractivity contribution in [3.8, 4) is 0 Å². The number of aromatic nitrogens is 1. The molecule has 0 amide bonds. The Hall–Kier alpha value is -0.560. The molecular formula is C8H5Br2F2NO2. The molecule has 0 spiro atoms. The monoisotopic (exact) mass is 343 g/mol. The fourth-order valence-electron chi connectivity index (χ4n) is 0.898. The number of hydrogen-bond acceptors (Lipinski definition) is 3. The highest BCUT2D eigenvalue weighted by atomic mass is 79.9. The molecule has 1 rings (SSSR count). The number of rotatable bonds is 2. The molecular weight excluding hydrogens is 340 g/mol. The Bertz CT molecular complexity index is 375. The van der Waals surface area contributed by atoms with Crippen LogP contribution in [0.15, 0.2) is 15.1 Å². The largest absolute Gasteiger partial charge is 0.465 e. The van der Waals surface area contributed by atoms with Crippen molar-refractivity contribution >= 4 is 37.8 Å². The van der Waals surface area contributed by atoms with E-state index in [2.05, 4.69) is 41.6 Å². The second kappa shape index (κ2) is 4.98. The second-order valence-corrected chi connectivity index (χ2v) is 4.09. The number of pyridine rings is 1. The average molecular weight is 345 g/mol. The molecule has 1 aromatic rings. The molecule has 15 heavy (non-hydrogen) atoms. The van der Waals surface area contributed by atoms with Crippen molar-refractivity contribution in [3.05, 3.63) is 26.4 Å². The molecule has 0 aliphatic heterocycles. The van der Waals surface area contributed by atoms with Gasteiger partial charge in [0.1, 0.15) is 15.9 Å². The van der Waals surface area contributed by atoms with Crippen LogP contribution < -0.4 is 0 Å². The molecule has 82 valence electrons. The van der Waals surface area contributed by atoms with Crippen molar-refractivity contribution in [2.24, 2.45) is 0 Å². The predicted octanol–water partition coefficient (Wildman–Crippen LogP) is 3.33. The molecule has 0 aromatic carbocycles. The van der Waals surface area contributed by atoms with Gasteiger partial charge in [0.05, 0.1) is 7.11 Å². The fourth-order valence-corrected chi connectivity index (χ4v) is 2.33. The van der Waals surface area contributed by atoms with Crippen LogP contribution in [0, 0.1) is 0 Å². The van der Waals surface area contributed by atoms with Gasteiger partial charge in [0, 0.05) is 4.47 Å². The molecule has 0 bridgehead atoms. The molecule has 0 fully saturated rings. The SMILES string of the molecule is COC(=O)c1c(Br)cc(C(F)F)nc1Br. The van der Waals surface area contributed by atoms with Gasteiger partial charge in [0.25, 0.3) is 6.43 Å². The molecule has 0 aliphatic carbocycles. The lowest BCUT2D eigenvalue weighted by Gasteiger charge is -2.07. The van der Waals surface area contributed by atoms with E-state index in [1.165, 1.54) is 7.11 Å². The summed E-state index contributed by atoms with van der Waals surface area (Å²) in [5.74, 6) is -0.651. The number of carbonyl (C=O) groups excluding carboxylic acids is 1. The quantitative estimate of drug-likeness (QED) is 0.610. The minimum atomic E-state index is -2.69. The van der Waals surface area contributed by atoms with E-state index in [1.807, 2.05) is 0 Å². The lowest BCUT2D eigenvalue weighted by Crippen LogP contribution is -2.06. The van der Waals surface area contributed by atoms with Gasteiger partial charge in [-0.1, -0.05) is 0 Å². The van der Waals surface area contributed by atoms with Crippen molar-refractivity contribution < 1.29 is 18.3 Å². The Balaban J connectivity index is 3.27. The molecule has 1 aromatic heterocycles. The number of hydrogen-bond donors (Lipinski definition) is 0. The van der Waals surface area contributed by atoms with Gasteiger partial charge >= 0.3 is 5.97 Å². The lowest BCUT2D eigenvalue weighted by atomic mass is 10.2. The highest BCUT2D eigenvalue weighted by Gasteiger charge is 2.20. The topological polar surface area (TPSA) is 39.2 Å². The summed E-state index contributed by atoms with van der Waals surface area (Å²) in [6, 6.07) is 1.08. The van der Waals surface area contributed by atoms with E-state index in [0.29, 0.717) is 0 Å². The summed E-state index contributed by atoms with van der Waals surface area (Å²) in [4.78, 5) is 14.8. The summed E-state index contributed by atoms with van der Waals surface area (Å²) in [6.07, 6.45) is -2.69. The van der Waals surface area contributed by atoms with Crippen LogP contribution in [0.5, 0.6) is 0 Å². The van der Waals surface area contributed by atoms with Gasteiger partial charge in [0.15, 0.2) is 0 Å². The highest BCUT2D eigenvalue weighted by Crippen LogP contribution is 2.29. The summed E-state index contributed by atoms with van der Waals surface area (Å²) in [7, 11) is 1.20. The van der Waals surface area contributed by atoms with Crippen LogP contribution in [-0.2, 0) is 4.74 Å². The van der Waals surface area contributed by atoms with Gasteiger partial charge in [-0.15, -0.1) is 0 Å². The standard InChI is InChI=1S/C8H5Br2F2NO2/c1-15-8(14)5-3(9)2-4(7(11)12)13-6(5)10/h2,7H,1H3. The van der Waals surface area contributed by atoms with Crippen LogP contribution in [0.25, 0.3) is 0 Å². The van der Waals surface area contributed by atoms with E-state index in [-0.39, 0.29) is 14.6 Å². The summed E-state index contributed by atoms with van der Waals surface area (Å²) in [5.41, 5.74) is -0.330. The second-order valence-electron chi connectivity index (χ2n) is 2.49. The van der Waals surface area contributed by atoms with E-state index in [9.17, 15) is 13.6 Å². The first-order chi connectivity index (χ1) is 6.97. The third kappa shape index (κ3) is 2.72. The van der Waals surface area contributed by atoms with Gasteiger partial charge in [-0.3, -0.25) is 0 Å². The predicted molar refractivity (Wildman–Crippen MR) is 55.9 cm³/mol. The van der Waals surface area contributed by atoms with E-state index in [0.717, 1.165) is 6.07 Å². The highest BCUT2D eigenvalue weighted by molar-refractivity contribution is 9.11. The van der Waals surface area contributed by atoms with Crippen molar-refractivity contribution in [3.63, 3.8) is 0 Å². The molecule has 3 nitrogen and oxygen atoms in total. The maximum atomic E-state index is 12.3. The Morgan fingerprint density at radius 1 is 1.53 bits per heavy atom. The summed E-state index contributed by atoms with van der Waals surface area (Å²) >= 11 is 5.94. The maximum Gasteiger partial charge on any atom is 0.341 e. The Morgan fingerprint density at radius 2 is 2.13 bits per heavy atom. The number of halogens is 4. The Kier molecular flexibility index (Phi) is 4.15. The number of ether oxygens (including phenoxy) is 1.